The molecule has 16 heavy (non-hydrogen) atoms. The van der Waals surface area contributed by atoms with E-state index in [1.54, 1.807) is 0 Å². The van der Waals surface area contributed by atoms with Crippen LogP contribution in [0, 0.1) is 10.8 Å². The van der Waals surface area contributed by atoms with Gasteiger partial charge in [-0.2, -0.15) is 4.91 Å². The third-order valence-corrected chi connectivity index (χ3v) is 3.32. The Hall–Kier alpha value is -1.09. The molecule has 0 radical (unpaired) electrons. The highest BCUT2D eigenvalue weighted by molar-refractivity contribution is 5.01. The van der Waals surface area contributed by atoms with Gasteiger partial charge >= 0.3 is 0 Å². The molecule has 0 saturated heterocycles. The average molecular weight is 224 g/mol. The van der Waals surface area contributed by atoms with Gasteiger partial charge < -0.3 is 0 Å². The minimum Gasteiger partial charge on any atom is -0.150 e. The van der Waals surface area contributed by atoms with Crippen molar-refractivity contribution in [1.82, 2.24) is 0 Å². The summed E-state index contributed by atoms with van der Waals surface area (Å²) < 4.78 is 0. The van der Waals surface area contributed by atoms with Crippen LogP contribution in [0.5, 0.6) is 0 Å². The van der Waals surface area contributed by atoms with Crippen molar-refractivity contribution in [3.8, 4) is 0 Å². The van der Waals surface area contributed by atoms with Crippen molar-refractivity contribution in [1.29, 1.82) is 0 Å². The summed E-state index contributed by atoms with van der Waals surface area (Å²) in [5.41, 5.74) is 8.00. The van der Waals surface area contributed by atoms with E-state index in [2.05, 4.69) is 22.1 Å². The number of unbranched alkanes of at least 4 members (excludes halogenated alkanes) is 2. The first-order valence-corrected chi connectivity index (χ1v) is 6.08. The smallest absolute Gasteiger partial charge is 0.103 e. The lowest BCUT2D eigenvalue weighted by molar-refractivity contribution is 0.477. The Labute approximate surface area is 96.2 Å². The largest absolute Gasteiger partial charge is 0.150 e. The van der Waals surface area contributed by atoms with Crippen LogP contribution >= 0.6 is 0 Å². The molecule has 90 valence electrons. The van der Waals surface area contributed by atoms with Gasteiger partial charge in [0.25, 0.3) is 0 Å². The number of hydrogen-bond donors (Lipinski definition) is 0. The highest BCUT2D eigenvalue weighted by atomic mass is 16.3. The van der Waals surface area contributed by atoms with Gasteiger partial charge in [0.15, 0.2) is 0 Å². The zero-order valence-corrected chi connectivity index (χ0v) is 9.93. The molecule has 1 saturated carbocycles. The molecule has 0 N–H and O–H groups in total. The van der Waals surface area contributed by atoms with Crippen molar-refractivity contribution < 1.29 is 0 Å². The molecule has 0 bridgehead atoms. The summed E-state index contributed by atoms with van der Waals surface area (Å²) in [5, 5.41) is 6.76. The van der Waals surface area contributed by atoms with E-state index in [-0.39, 0.29) is 5.54 Å². The van der Waals surface area contributed by atoms with E-state index in [9.17, 15) is 4.91 Å². The summed E-state index contributed by atoms with van der Waals surface area (Å²) in [6, 6.07) is 0. The van der Waals surface area contributed by atoms with E-state index in [1.165, 1.54) is 0 Å². The summed E-state index contributed by atoms with van der Waals surface area (Å²) in [4.78, 5) is 13.2. The normalized spacial score (nSPS) is 18.6. The number of nitroso groups, excluding NO2 is 1. The Kier molecular flexibility index (Phi) is 5.26. The van der Waals surface area contributed by atoms with Crippen molar-refractivity contribution >= 4 is 0 Å². The first-order chi connectivity index (χ1) is 7.72. The molecule has 0 aromatic carbocycles. The Morgan fingerprint density at radius 3 is 2.69 bits per heavy atom. The number of nitrogens with zero attached hydrogens (tertiary/aromatic N) is 4. The van der Waals surface area contributed by atoms with E-state index < -0.39 is 0 Å². The summed E-state index contributed by atoms with van der Waals surface area (Å²) >= 11 is 0. The average Bonchev–Trinajstić information content (AvgIpc) is 3.06. The summed E-state index contributed by atoms with van der Waals surface area (Å²) in [6.45, 7) is 2.69. The maximum atomic E-state index is 10.5. The fraction of sp³-hybridized carbons (Fsp3) is 1.00. The van der Waals surface area contributed by atoms with E-state index >= 15 is 0 Å². The second-order valence-electron chi connectivity index (χ2n) is 4.93. The van der Waals surface area contributed by atoms with Crippen molar-refractivity contribution in [2.75, 3.05) is 6.54 Å². The molecule has 5 nitrogen and oxygen atoms in total. The van der Waals surface area contributed by atoms with Gasteiger partial charge in [-0.1, -0.05) is 42.9 Å². The summed E-state index contributed by atoms with van der Waals surface area (Å²) in [5.74, 6) is 0.468. The van der Waals surface area contributed by atoms with Gasteiger partial charge in [-0.15, -0.1) is 0 Å². The second-order valence-corrected chi connectivity index (χ2v) is 4.93. The molecule has 1 fully saturated rings. The molecule has 0 aliphatic heterocycles. The first-order valence-electron chi connectivity index (χ1n) is 6.08. The van der Waals surface area contributed by atoms with Crippen LogP contribution in [0.1, 0.15) is 51.9 Å². The Bertz CT molecular complexity index is 269. The topological polar surface area (TPSA) is 78.2 Å². The molecule has 1 atom stereocenters. The molecule has 0 amide bonds. The lowest BCUT2D eigenvalue weighted by atomic mass is 10.0. The standard InChI is InChI=1S/C11H20N4O/c1-10(9-13-15-12)5-3-2-4-6-11(14-16)7-8-11/h10H,2-9H2,1H3. The minimum absolute atomic E-state index is 0.170. The van der Waals surface area contributed by atoms with E-state index in [1.807, 2.05) is 0 Å². The third-order valence-electron chi connectivity index (χ3n) is 3.32. The number of azide groups is 1. The molecule has 1 unspecified atom stereocenters. The second kappa shape index (κ2) is 6.48. The van der Waals surface area contributed by atoms with Crippen LogP contribution < -0.4 is 0 Å². The lowest BCUT2D eigenvalue weighted by Crippen LogP contribution is -2.03. The van der Waals surface area contributed by atoms with Crippen LogP contribution in [-0.2, 0) is 0 Å². The quantitative estimate of drug-likeness (QED) is 0.190. The van der Waals surface area contributed by atoms with E-state index in [4.69, 9.17) is 5.53 Å². The van der Waals surface area contributed by atoms with Gasteiger partial charge in [-0.05, 0) is 30.7 Å². The Balaban J connectivity index is 1.95. The van der Waals surface area contributed by atoms with Crippen LogP contribution in [0.2, 0.25) is 0 Å². The van der Waals surface area contributed by atoms with Crippen LogP contribution in [0.25, 0.3) is 10.4 Å². The zero-order chi connectivity index (χ0) is 11.9. The van der Waals surface area contributed by atoms with E-state index in [0.717, 1.165) is 44.9 Å². The lowest BCUT2D eigenvalue weighted by Gasteiger charge is -2.08. The molecule has 1 aliphatic rings. The maximum Gasteiger partial charge on any atom is 0.103 e. The first kappa shape index (κ1) is 13.0. The number of hydrogen-bond acceptors (Lipinski definition) is 3. The van der Waals surface area contributed by atoms with Gasteiger partial charge in [-0.3, -0.25) is 0 Å². The maximum absolute atomic E-state index is 10.5. The Morgan fingerprint density at radius 1 is 1.38 bits per heavy atom. The molecule has 1 aliphatic carbocycles. The highest BCUT2D eigenvalue weighted by Crippen LogP contribution is 2.43. The summed E-state index contributed by atoms with van der Waals surface area (Å²) in [7, 11) is 0. The van der Waals surface area contributed by atoms with Crippen molar-refractivity contribution in [3.63, 3.8) is 0 Å². The van der Waals surface area contributed by atoms with Crippen LogP contribution in [0.15, 0.2) is 10.3 Å². The van der Waals surface area contributed by atoms with Gasteiger partial charge in [0, 0.05) is 11.5 Å². The number of rotatable bonds is 9. The minimum atomic E-state index is -0.170. The molecule has 0 spiro atoms. The predicted molar refractivity (Wildman–Crippen MR) is 64.0 cm³/mol. The van der Waals surface area contributed by atoms with Gasteiger partial charge in [-0.25, -0.2) is 0 Å². The zero-order valence-electron chi connectivity index (χ0n) is 9.93. The fourth-order valence-electron chi connectivity index (χ4n) is 1.92. The monoisotopic (exact) mass is 224 g/mol. The summed E-state index contributed by atoms with van der Waals surface area (Å²) in [6.07, 6.45) is 7.43. The van der Waals surface area contributed by atoms with Gasteiger partial charge in [0.2, 0.25) is 0 Å². The van der Waals surface area contributed by atoms with Crippen molar-refractivity contribution in [2.24, 2.45) is 16.2 Å². The van der Waals surface area contributed by atoms with Gasteiger partial charge in [0.1, 0.15) is 5.54 Å². The molecule has 1 rings (SSSR count). The molecule has 0 aromatic rings. The highest BCUT2D eigenvalue weighted by Gasteiger charge is 2.43. The molecule has 0 heterocycles. The molecule has 5 heteroatoms. The Morgan fingerprint density at radius 2 is 2.12 bits per heavy atom. The predicted octanol–water partition coefficient (Wildman–Crippen LogP) is 4.18. The SMILES string of the molecule is CC(CCCCCC1(N=O)CC1)CN=[N+]=[N-]. The van der Waals surface area contributed by atoms with Crippen LogP contribution in [0.3, 0.4) is 0 Å². The third kappa shape index (κ3) is 4.62. The van der Waals surface area contributed by atoms with Crippen LogP contribution in [-0.4, -0.2) is 12.1 Å². The molecular weight excluding hydrogens is 204 g/mol. The van der Waals surface area contributed by atoms with Crippen LogP contribution in [0.4, 0.5) is 0 Å². The van der Waals surface area contributed by atoms with Crippen molar-refractivity contribution in [3.05, 3.63) is 15.3 Å². The van der Waals surface area contributed by atoms with Gasteiger partial charge in [0.05, 0.1) is 0 Å². The van der Waals surface area contributed by atoms with E-state index in [0.29, 0.717) is 12.5 Å². The fourth-order valence-corrected chi connectivity index (χ4v) is 1.92. The molecule has 0 aromatic heterocycles. The van der Waals surface area contributed by atoms with Crippen molar-refractivity contribution in [2.45, 2.75) is 57.4 Å². The molecular formula is C11H20N4O.